The van der Waals surface area contributed by atoms with Crippen molar-refractivity contribution >= 4 is 17.2 Å². The second-order valence-corrected chi connectivity index (χ2v) is 7.67. The minimum absolute atomic E-state index is 0.0199. The normalized spacial score (nSPS) is 19.5. The summed E-state index contributed by atoms with van der Waals surface area (Å²) in [5.74, 6) is 0.803. The summed E-state index contributed by atoms with van der Waals surface area (Å²) in [5, 5.41) is 3.31. The molecule has 1 amide bonds. The summed E-state index contributed by atoms with van der Waals surface area (Å²) >= 11 is 1.72. The van der Waals surface area contributed by atoms with Crippen molar-refractivity contribution in [3.05, 3.63) is 52.0 Å². The molecule has 0 saturated carbocycles. The number of thiazole rings is 1. The average molecular weight is 343 g/mol. The first-order valence-electron chi connectivity index (χ1n) is 8.61. The Balaban J connectivity index is 1.69. The highest BCUT2D eigenvalue weighted by Crippen LogP contribution is 2.31. The van der Waals surface area contributed by atoms with E-state index >= 15 is 0 Å². The number of aromatic nitrogens is 1. The van der Waals surface area contributed by atoms with Crippen molar-refractivity contribution in [3.8, 4) is 0 Å². The second kappa shape index (κ2) is 7.45. The predicted octanol–water partition coefficient (Wildman–Crippen LogP) is 3.67. The first-order chi connectivity index (χ1) is 11.6. The van der Waals surface area contributed by atoms with Crippen molar-refractivity contribution in [3.63, 3.8) is 0 Å². The number of likely N-dealkylation sites (tertiary alicyclic amines) is 1. The number of rotatable bonds is 4. The van der Waals surface area contributed by atoms with E-state index in [0.717, 1.165) is 42.2 Å². The van der Waals surface area contributed by atoms with Gasteiger partial charge in [0.2, 0.25) is 5.91 Å². The van der Waals surface area contributed by atoms with E-state index in [1.54, 1.807) is 11.3 Å². The highest BCUT2D eigenvalue weighted by Gasteiger charge is 2.29. The molecule has 24 heavy (non-hydrogen) atoms. The zero-order chi connectivity index (χ0) is 17.1. The zero-order valence-electron chi connectivity index (χ0n) is 14.3. The van der Waals surface area contributed by atoms with E-state index in [9.17, 15) is 4.79 Å². The maximum atomic E-state index is 12.8. The van der Waals surface area contributed by atoms with Crippen LogP contribution < -0.4 is 5.73 Å². The van der Waals surface area contributed by atoms with Crippen LogP contribution in [0.25, 0.3) is 0 Å². The molecular weight excluding hydrogens is 318 g/mol. The van der Waals surface area contributed by atoms with Crippen LogP contribution in [0.15, 0.2) is 35.7 Å². The molecule has 1 saturated heterocycles. The molecule has 0 aliphatic carbocycles. The van der Waals surface area contributed by atoms with Crippen LogP contribution in [-0.2, 0) is 4.79 Å². The topological polar surface area (TPSA) is 59.2 Å². The Morgan fingerprint density at radius 2 is 2.08 bits per heavy atom. The number of hydrogen-bond acceptors (Lipinski definition) is 4. The van der Waals surface area contributed by atoms with E-state index in [2.05, 4.69) is 19.2 Å². The van der Waals surface area contributed by atoms with Gasteiger partial charge >= 0.3 is 0 Å². The Morgan fingerprint density at radius 3 is 2.75 bits per heavy atom. The molecule has 2 unspecified atom stereocenters. The molecule has 2 aromatic rings. The highest BCUT2D eigenvalue weighted by molar-refractivity contribution is 7.09. The standard InChI is InChI=1S/C19H25N3OS/c1-13(2)16-12-24-18(21-16)15-9-6-10-22(11-15)19(23)17(20)14-7-4-3-5-8-14/h3-5,7-8,12-13,15,17H,6,9-11,20H2,1-2H3. The molecule has 1 aromatic heterocycles. The number of benzene rings is 1. The fourth-order valence-electron chi connectivity index (χ4n) is 3.13. The molecule has 2 N–H and O–H groups in total. The third-order valence-electron chi connectivity index (χ3n) is 4.64. The number of carbonyl (C=O) groups excluding carboxylic acids is 1. The molecular formula is C19H25N3OS. The Hall–Kier alpha value is -1.72. The average Bonchev–Trinajstić information content (AvgIpc) is 3.12. The first-order valence-corrected chi connectivity index (χ1v) is 9.49. The monoisotopic (exact) mass is 343 g/mol. The van der Waals surface area contributed by atoms with Gasteiger partial charge < -0.3 is 10.6 Å². The maximum absolute atomic E-state index is 12.8. The lowest BCUT2D eigenvalue weighted by Crippen LogP contribution is -2.43. The van der Waals surface area contributed by atoms with Gasteiger partial charge in [-0.3, -0.25) is 4.79 Å². The largest absolute Gasteiger partial charge is 0.340 e. The molecule has 0 radical (unpaired) electrons. The van der Waals surface area contributed by atoms with Crippen molar-refractivity contribution < 1.29 is 4.79 Å². The van der Waals surface area contributed by atoms with E-state index in [1.807, 2.05) is 35.2 Å². The summed E-state index contributed by atoms with van der Waals surface area (Å²) in [5.41, 5.74) is 8.22. The van der Waals surface area contributed by atoms with Gasteiger partial charge in [-0.05, 0) is 24.3 Å². The van der Waals surface area contributed by atoms with Crippen LogP contribution in [-0.4, -0.2) is 28.9 Å². The molecule has 1 aromatic carbocycles. The molecule has 3 rings (SSSR count). The van der Waals surface area contributed by atoms with Gasteiger partial charge in [0.15, 0.2) is 0 Å². The molecule has 0 bridgehead atoms. The third-order valence-corrected chi connectivity index (χ3v) is 5.66. The Morgan fingerprint density at radius 1 is 1.33 bits per heavy atom. The zero-order valence-corrected chi connectivity index (χ0v) is 15.1. The lowest BCUT2D eigenvalue weighted by Gasteiger charge is -2.33. The highest BCUT2D eigenvalue weighted by atomic mass is 32.1. The van der Waals surface area contributed by atoms with Crippen LogP contribution in [0, 0.1) is 0 Å². The predicted molar refractivity (Wildman–Crippen MR) is 98.1 cm³/mol. The van der Waals surface area contributed by atoms with E-state index in [1.165, 1.54) is 0 Å². The fourth-order valence-corrected chi connectivity index (χ4v) is 4.24. The molecule has 1 aliphatic rings. The fraction of sp³-hybridized carbons (Fsp3) is 0.474. The molecule has 1 fully saturated rings. The van der Waals surface area contributed by atoms with Gasteiger partial charge in [-0.1, -0.05) is 44.2 Å². The van der Waals surface area contributed by atoms with Crippen LogP contribution >= 0.6 is 11.3 Å². The van der Waals surface area contributed by atoms with Gasteiger partial charge in [-0.2, -0.15) is 0 Å². The summed E-state index contributed by atoms with van der Waals surface area (Å²) in [4.78, 5) is 19.5. The Labute approximate surface area is 147 Å². The number of hydrogen-bond donors (Lipinski definition) is 1. The lowest BCUT2D eigenvalue weighted by molar-refractivity contribution is -0.134. The lowest BCUT2D eigenvalue weighted by atomic mass is 9.97. The SMILES string of the molecule is CC(C)c1csc(C2CCCN(C(=O)C(N)c3ccccc3)C2)n1. The number of nitrogens with two attached hydrogens (primary N) is 1. The molecule has 2 atom stereocenters. The van der Waals surface area contributed by atoms with Crippen LogP contribution in [0.4, 0.5) is 0 Å². The molecule has 5 heteroatoms. The smallest absolute Gasteiger partial charge is 0.244 e. The molecule has 0 spiro atoms. The summed E-state index contributed by atoms with van der Waals surface area (Å²) < 4.78 is 0. The molecule has 128 valence electrons. The van der Waals surface area contributed by atoms with Crippen LogP contribution in [0.2, 0.25) is 0 Å². The Kier molecular flexibility index (Phi) is 5.31. The molecule has 1 aliphatic heterocycles. The van der Waals surface area contributed by atoms with E-state index in [0.29, 0.717) is 11.8 Å². The number of carbonyl (C=O) groups is 1. The number of piperidine rings is 1. The third kappa shape index (κ3) is 3.68. The van der Waals surface area contributed by atoms with Gasteiger partial charge in [0.25, 0.3) is 0 Å². The Bertz CT molecular complexity index is 683. The van der Waals surface area contributed by atoms with Gasteiger partial charge in [0.05, 0.1) is 10.7 Å². The summed E-state index contributed by atoms with van der Waals surface area (Å²) in [6, 6.07) is 9.04. The van der Waals surface area contributed by atoms with Crippen molar-refractivity contribution in [1.82, 2.24) is 9.88 Å². The summed E-state index contributed by atoms with van der Waals surface area (Å²) in [7, 11) is 0. The van der Waals surface area contributed by atoms with Crippen LogP contribution in [0.5, 0.6) is 0 Å². The maximum Gasteiger partial charge on any atom is 0.244 e. The second-order valence-electron chi connectivity index (χ2n) is 6.78. The van der Waals surface area contributed by atoms with E-state index < -0.39 is 6.04 Å². The van der Waals surface area contributed by atoms with Gasteiger partial charge in [0, 0.05) is 24.4 Å². The molecule has 2 heterocycles. The quantitative estimate of drug-likeness (QED) is 0.921. The van der Waals surface area contributed by atoms with Crippen molar-refractivity contribution in [2.45, 2.75) is 44.6 Å². The van der Waals surface area contributed by atoms with E-state index in [-0.39, 0.29) is 5.91 Å². The summed E-state index contributed by atoms with van der Waals surface area (Å²) in [6.07, 6.45) is 2.10. The van der Waals surface area contributed by atoms with Gasteiger partial charge in [-0.25, -0.2) is 4.98 Å². The number of nitrogens with zero attached hydrogens (tertiary/aromatic N) is 2. The minimum atomic E-state index is -0.576. The van der Waals surface area contributed by atoms with Crippen LogP contribution in [0.1, 0.15) is 60.8 Å². The molecule has 4 nitrogen and oxygen atoms in total. The van der Waals surface area contributed by atoms with Gasteiger partial charge in [0.1, 0.15) is 6.04 Å². The van der Waals surface area contributed by atoms with Crippen molar-refractivity contribution in [2.75, 3.05) is 13.1 Å². The van der Waals surface area contributed by atoms with Crippen molar-refractivity contribution in [2.24, 2.45) is 5.73 Å². The van der Waals surface area contributed by atoms with E-state index in [4.69, 9.17) is 10.7 Å². The van der Waals surface area contributed by atoms with Crippen LogP contribution in [0.3, 0.4) is 0 Å². The van der Waals surface area contributed by atoms with Crippen molar-refractivity contribution in [1.29, 1.82) is 0 Å². The first kappa shape index (κ1) is 17.1. The number of amides is 1. The summed E-state index contributed by atoms with van der Waals surface area (Å²) in [6.45, 7) is 5.84. The minimum Gasteiger partial charge on any atom is -0.340 e. The van der Waals surface area contributed by atoms with Gasteiger partial charge in [-0.15, -0.1) is 11.3 Å².